The molecule has 0 aliphatic carbocycles. The van der Waals surface area contributed by atoms with Crippen LogP contribution in [0.25, 0.3) is 0 Å². The summed E-state index contributed by atoms with van der Waals surface area (Å²) in [4.78, 5) is 2.27. The lowest BCUT2D eigenvalue weighted by atomic mass is 10.0. The number of β-amino-alcohol motifs (C(OH)–C–C–N with tert-alkyl or cyclic N) is 1. The van der Waals surface area contributed by atoms with Gasteiger partial charge in [-0.2, -0.15) is 5.26 Å². The van der Waals surface area contributed by atoms with Crippen LogP contribution in [0.1, 0.15) is 30.0 Å². The van der Waals surface area contributed by atoms with E-state index in [1.807, 2.05) is 18.2 Å². The highest BCUT2D eigenvalue weighted by Gasteiger charge is 2.30. The SMILES string of the molecule is COc1ccc([C@H]2CCCN2C[C@H](O)COc2ccc(C#N)cc2)c(OC)c1. The molecule has 2 aromatic carbocycles. The Morgan fingerprint density at radius 2 is 1.89 bits per heavy atom. The molecule has 0 bridgehead atoms. The largest absolute Gasteiger partial charge is 0.497 e. The van der Waals surface area contributed by atoms with Gasteiger partial charge in [-0.25, -0.2) is 0 Å². The maximum absolute atomic E-state index is 10.5. The number of aliphatic hydroxyl groups is 1. The third-order valence-electron chi connectivity index (χ3n) is 5.03. The zero-order valence-electron chi connectivity index (χ0n) is 16.3. The molecule has 0 saturated carbocycles. The predicted octanol–water partition coefficient (Wildman–Crippen LogP) is 3.15. The molecule has 0 radical (unpaired) electrons. The van der Waals surface area contributed by atoms with Crippen LogP contribution in [0.4, 0.5) is 0 Å². The summed E-state index contributed by atoms with van der Waals surface area (Å²) in [6.45, 7) is 1.65. The number of rotatable bonds is 8. The molecule has 1 saturated heterocycles. The summed E-state index contributed by atoms with van der Waals surface area (Å²) in [5, 5.41) is 19.3. The lowest BCUT2D eigenvalue weighted by molar-refractivity contribution is 0.0635. The minimum Gasteiger partial charge on any atom is -0.497 e. The topological polar surface area (TPSA) is 75.0 Å². The summed E-state index contributed by atoms with van der Waals surface area (Å²) in [6.07, 6.45) is 1.48. The van der Waals surface area contributed by atoms with Crippen molar-refractivity contribution in [3.63, 3.8) is 0 Å². The first-order chi connectivity index (χ1) is 13.6. The molecule has 0 amide bonds. The zero-order valence-corrected chi connectivity index (χ0v) is 16.3. The van der Waals surface area contributed by atoms with Gasteiger partial charge in [0.05, 0.1) is 25.9 Å². The van der Waals surface area contributed by atoms with Crippen LogP contribution in [0.15, 0.2) is 42.5 Å². The molecule has 1 N–H and O–H groups in total. The van der Waals surface area contributed by atoms with Crippen molar-refractivity contribution in [3.8, 4) is 23.3 Å². The van der Waals surface area contributed by atoms with E-state index in [-0.39, 0.29) is 12.6 Å². The molecule has 2 aromatic rings. The first-order valence-electron chi connectivity index (χ1n) is 9.41. The van der Waals surface area contributed by atoms with Gasteiger partial charge < -0.3 is 19.3 Å². The van der Waals surface area contributed by atoms with E-state index >= 15 is 0 Å². The highest BCUT2D eigenvalue weighted by atomic mass is 16.5. The van der Waals surface area contributed by atoms with Crippen molar-refractivity contribution in [1.29, 1.82) is 5.26 Å². The van der Waals surface area contributed by atoms with E-state index in [0.717, 1.165) is 36.4 Å². The van der Waals surface area contributed by atoms with E-state index in [4.69, 9.17) is 19.5 Å². The second-order valence-corrected chi connectivity index (χ2v) is 6.86. The van der Waals surface area contributed by atoms with Crippen LogP contribution in [0.2, 0.25) is 0 Å². The van der Waals surface area contributed by atoms with E-state index in [9.17, 15) is 5.11 Å². The van der Waals surface area contributed by atoms with E-state index < -0.39 is 6.10 Å². The molecule has 1 heterocycles. The summed E-state index contributed by atoms with van der Waals surface area (Å²) >= 11 is 0. The highest BCUT2D eigenvalue weighted by molar-refractivity contribution is 5.43. The first-order valence-corrected chi connectivity index (χ1v) is 9.41. The average molecular weight is 382 g/mol. The number of hydrogen-bond donors (Lipinski definition) is 1. The summed E-state index contributed by atoms with van der Waals surface area (Å²) in [7, 11) is 3.30. The molecule has 0 unspecified atom stereocenters. The van der Waals surface area contributed by atoms with E-state index in [1.165, 1.54) is 0 Å². The van der Waals surface area contributed by atoms with Crippen molar-refractivity contribution in [2.45, 2.75) is 25.0 Å². The molecule has 0 spiro atoms. The van der Waals surface area contributed by atoms with Gasteiger partial charge in [-0.05, 0) is 49.7 Å². The van der Waals surface area contributed by atoms with Crippen LogP contribution in [0.5, 0.6) is 17.2 Å². The van der Waals surface area contributed by atoms with E-state index in [2.05, 4.69) is 11.0 Å². The number of likely N-dealkylation sites (tertiary alicyclic amines) is 1. The summed E-state index contributed by atoms with van der Waals surface area (Å²) < 4.78 is 16.5. The van der Waals surface area contributed by atoms with Crippen molar-refractivity contribution in [2.75, 3.05) is 33.9 Å². The normalized spacial score (nSPS) is 17.7. The third kappa shape index (κ3) is 4.75. The molecule has 28 heavy (non-hydrogen) atoms. The van der Waals surface area contributed by atoms with Crippen molar-refractivity contribution < 1.29 is 19.3 Å². The molecular weight excluding hydrogens is 356 g/mol. The number of benzene rings is 2. The van der Waals surface area contributed by atoms with Gasteiger partial charge in [0, 0.05) is 24.2 Å². The fraction of sp³-hybridized carbons (Fsp3) is 0.409. The fourth-order valence-electron chi connectivity index (χ4n) is 3.63. The van der Waals surface area contributed by atoms with Gasteiger partial charge in [-0.1, -0.05) is 6.07 Å². The molecule has 6 heteroatoms. The fourth-order valence-corrected chi connectivity index (χ4v) is 3.63. The quantitative estimate of drug-likeness (QED) is 0.756. The standard InChI is InChI=1S/C22H26N2O4/c1-26-19-9-10-20(22(12-19)27-2)21-4-3-11-24(21)14-17(25)15-28-18-7-5-16(13-23)6-8-18/h5-10,12,17,21,25H,3-4,11,14-15H2,1-2H3/t17-,21+/m0/s1. The highest BCUT2D eigenvalue weighted by Crippen LogP contribution is 2.38. The lowest BCUT2D eigenvalue weighted by Crippen LogP contribution is -2.35. The number of methoxy groups -OCH3 is 2. The maximum atomic E-state index is 10.5. The Balaban J connectivity index is 1.60. The predicted molar refractivity (Wildman–Crippen MR) is 106 cm³/mol. The van der Waals surface area contributed by atoms with E-state index in [1.54, 1.807) is 38.5 Å². The van der Waals surface area contributed by atoms with Crippen molar-refractivity contribution in [1.82, 2.24) is 4.90 Å². The monoisotopic (exact) mass is 382 g/mol. The molecule has 148 valence electrons. The summed E-state index contributed by atoms with van der Waals surface area (Å²) in [5.74, 6) is 2.22. The summed E-state index contributed by atoms with van der Waals surface area (Å²) in [6, 6.07) is 15.0. The summed E-state index contributed by atoms with van der Waals surface area (Å²) in [5.41, 5.74) is 1.70. The lowest BCUT2D eigenvalue weighted by Gasteiger charge is -2.28. The molecule has 0 aromatic heterocycles. The molecule has 6 nitrogen and oxygen atoms in total. The first kappa shape index (κ1) is 20.0. The minimum absolute atomic E-state index is 0.199. The number of nitriles is 1. The van der Waals surface area contributed by atoms with Gasteiger partial charge in [0.2, 0.25) is 0 Å². The average Bonchev–Trinajstić information content (AvgIpc) is 3.19. The molecule has 1 aliphatic rings. The van der Waals surface area contributed by atoms with Crippen LogP contribution in [0.3, 0.4) is 0 Å². The molecule has 1 fully saturated rings. The van der Waals surface area contributed by atoms with Gasteiger partial charge in [0.25, 0.3) is 0 Å². The minimum atomic E-state index is -0.611. The zero-order chi connectivity index (χ0) is 19.9. The van der Waals surface area contributed by atoms with Crippen LogP contribution in [0, 0.1) is 11.3 Å². The molecule has 3 rings (SSSR count). The molecular formula is C22H26N2O4. The molecule has 2 atom stereocenters. The smallest absolute Gasteiger partial charge is 0.127 e. The Labute approximate surface area is 165 Å². The number of hydrogen-bond acceptors (Lipinski definition) is 6. The van der Waals surface area contributed by atoms with Crippen molar-refractivity contribution >= 4 is 0 Å². The maximum Gasteiger partial charge on any atom is 0.127 e. The Morgan fingerprint density at radius 1 is 1.14 bits per heavy atom. The number of nitrogens with zero attached hydrogens (tertiary/aromatic N) is 2. The van der Waals surface area contributed by atoms with Gasteiger partial charge in [0.1, 0.15) is 30.0 Å². The molecule has 1 aliphatic heterocycles. The second kappa shape index (κ2) is 9.45. The van der Waals surface area contributed by atoms with Gasteiger partial charge in [0.15, 0.2) is 0 Å². The van der Waals surface area contributed by atoms with Crippen LogP contribution < -0.4 is 14.2 Å². The van der Waals surface area contributed by atoms with Gasteiger partial charge >= 0.3 is 0 Å². The van der Waals surface area contributed by atoms with Gasteiger partial charge in [-0.3, -0.25) is 4.90 Å². The van der Waals surface area contributed by atoms with Crippen LogP contribution in [-0.4, -0.2) is 50.0 Å². The Kier molecular flexibility index (Phi) is 6.75. The van der Waals surface area contributed by atoms with Crippen LogP contribution in [-0.2, 0) is 0 Å². The Hall–Kier alpha value is -2.75. The third-order valence-corrected chi connectivity index (χ3v) is 5.03. The van der Waals surface area contributed by atoms with Crippen molar-refractivity contribution in [3.05, 3.63) is 53.6 Å². The van der Waals surface area contributed by atoms with Gasteiger partial charge in [-0.15, -0.1) is 0 Å². The van der Waals surface area contributed by atoms with Crippen LogP contribution >= 0.6 is 0 Å². The Morgan fingerprint density at radius 3 is 2.57 bits per heavy atom. The number of aliphatic hydroxyl groups excluding tert-OH is 1. The Bertz CT molecular complexity index is 816. The second-order valence-electron chi connectivity index (χ2n) is 6.86. The van der Waals surface area contributed by atoms with Crippen molar-refractivity contribution in [2.24, 2.45) is 0 Å². The van der Waals surface area contributed by atoms with E-state index in [0.29, 0.717) is 17.9 Å². The number of ether oxygens (including phenoxy) is 3.